The van der Waals surface area contributed by atoms with Crippen molar-refractivity contribution in [1.29, 1.82) is 0 Å². The summed E-state index contributed by atoms with van der Waals surface area (Å²) >= 11 is 1.26. The van der Waals surface area contributed by atoms with Gasteiger partial charge in [0.15, 0.2) is 0 Å². The van der Waals surface area contributed by atoms with Gasteiger partial charge in [-0.25, -0.2) is 0 Å². The van der Waals surface area contributed by atoms with E-state index in [9.17, 15) is 19.7 Å². The highest BCUT2D eigenvalue weighted by atomic mass is 32.2. The molecule has 2 amide bonds. The van der Waals surface area contributed by atoms with Gasteiger partial charge in [-0.15, -0.1) is 0 Å². The van der Waals surface area contributed by atoms with Crippen molar-refractivity contribution in [3.8, 4) is 0 Å². The third-order valence-corrected chi connectivity index (χ3v) is 4.83. The number of amides is 2. The van der Waals surface area contributed by atoms with Crippen LogP contribution < -0.4 is 10.6 Å². The van der Waals surface area contributed by atoms with Crippen molar-refractivity contribution in [3.05, 3.63) is 63.7 Å². The Kier molecular flexibility index (Phi) is 6.95. The summed E-state index contributed by atoms with van der Waals surface area (Å²) in [5.74, 6) is -0.851. The maximum absolute atomic E-state index is 12.3. The Labute approximate surface area is 161 Å². The summed E-state index contributed by atoms with van der Waals surface area (Å²) in [6.45, 7) is 5.75. The summed E-state index contributed by atoms with van der Waals surface area (Å²) in [5.41, 5.74) is 1.08. The van der Waals surface area contributed by atoms with Crippen molar-refractivity contribution in [2.45, 2.75) is 36.6 Å². The predicted octanol–water partition coefficient (Wildman–Crippen LogP) is 3.31. The lowest BCUT2D eigenvalue weighted by Crippen LogP contribution is -2.44. The number of rotatable bonds is 7. The fourth-order valence-corrected chi connectivity index (χ4v) is 3.19. The van der Waals surface area contributed by atoms with Crippen LogP contribution in [0.2, 0.25) is 0 Å². The Morgan fingerprint density at radius 1 is 1.19 bits per heavy atom. The van der Waals surface area contributed by atoms with E-state index in [0.29, 0.717) is 11.4 Å². The van der Waals surface area contributed by atoms with E-state index < -0.39 is 16.9 Å². The molecule has 0 spiro atoms. The molecule has 27 heavy (non-hydrogen) atoms. The molecular weight excluding hydrogens is 366 g/mol. The number of hydrogen-bond acceptors (Lipinski definition) is 5. The second-order valence-electron chi connectivity index (χ2n) is 5.94. The van der Waals surface area contributed by atoms with Gasteiger partial charge in [0, 0.05) is 23.1 Å². The van der Waals surface area contributed by atoms with Crippen LogP contribution in [0.5, 0.6) is 0 Å². The van der Waals surface area contributed by atoms with Crippen molar-refractivity contribution in [1.82, 2.24) is 10.6 Å². The lowest BCUT2D eigenvalue weighted by Gasteiger charge is -2.13. The van der Waals surface area contributed by atoms with Crippen LogP contribution in [-0.4, -0.2) is 29.3 Å². The van der Waals surface area contributed by atoms with Gasteiger partial charge in [0.05, 0.1) is 9.82 Å². The first-order valence-electron chi connectivity index (χ1n) is 8.43. The van der Waals surface area contributed by atoms with Crippen LogP contribution >= 0.6 is 11.8 Å². The minimum absolute atomic E-state index is 0.131. The van der Waals surface area contributed by atoms with Crippen molar-refractivity contribution < 1.29 is 14.5 Å². The van der Waals surface area contributed by atoms with E-state index in [4.69, 9.17) is 0 Å². The summed E-state index contributed by atoms with van der Waals surface area (Å²) < 4.78 is 0. The van der Waals surface area contributed by atoms with Gasteiger partial charge in [0.2, 0.25) is 5.91 Å². The smallest absolute Gasteiger partial charge is 0.284 e. The molecule has 0 aliphatic carbocycles. The SMILES string of the molecule is CCNC(=O)[C@@H](C)NC(=O)c1ccc(Sc2ccc(C)cc2)c([N+](=O)[O-])c1. The molecule has 0 bridgehead atoms. The zero-order valence-corrected chi connectivity index (χ0v) is 16.1. The van der Waals surface area contributed by atoms with E-state index in [1.165, 1.54) is 23.9 Å². The van der Waals surface area contributed by atoms with Gasteiger partial charge in [-0.1, -0.05) is 29.5 Å². The molecule has 8 heteroatoms. The highest BCUT2D eigenvalue weighted by molar-refractivity contribution is 7.99. The molecule has 0 radical (unpaired) electrons. The first-order chi connectivity index (χ1) is 12.8. The zero-order valence-electron chi connectivity index (χ0n) is 15.3. The number of benzene rings is 2. The molecule has 0 aliphatic rings. The molecule has 142 valence electrons. The normalized spacial score (nSPS) is 11.5. The molecule has 0 saturated heterocycles. The average Bonchev–Trinajstić information content (AvgIpc) is 2.63. The summed E-state index contributed by atoms with van der Waals surface area (Å²) in [5, 5.41) is 16.6. The van der Waals surface area contributed by atoms with Crippen LogP contribution in [-0.2, 0) is 4.79 Å². The molecular formula is C19H21N3O4S. The van der Waals surface area contributed by atoms with Gasteiger partial charge in [0.25, 0.3) is 11.6 Å². The van der Waals surface area contributed by atoms with Gasteiger partial charge in [-0.05, 0) is 45.0 Å². The molecule has 2 aromatic rings. The summed E-state index contributed by atoms with van der Waals surface area (Å²) in [4.78, 5) is 36.3. The monoisotopic (exact) mass is 387 g/mol. The number of nitrogens with one attached hydrogen (secondary N) is 2. The lowest BCUT2D eigenvalue weighted by molar-refractivity contribution is -0.387. The van der Waals surface area contributed by atoms with Crippen molar-refractivity contribution >= 4 is 29.3 Å². The highest BCUT2D eigenvalue weighted by Gasteiger charge is 2.21. The van der Waals surface area contributed by atoms with Crippen LogP contribution in [0.15, 0.2) is 52.3 Å². The number of aryl methyl sites for hydroxylation is 1. The van der Waals surface area contributed by atoms with Gasteiger partial charge >= 0.3 is 0 Å². The number of carbonyl (C=O) groups excluding carboxylic acids is 2. The molecule has 0 fully saturated rings. The van der Waals surface area contributed by atoms with E-state index >= 15 is 0 Å². The number of carbonyl (C=O) groups is 2. The quantitative estimate of drug-likeness (QED) is 0.561. The Bertz CT molecular complexity index is 853. The average molecular weight is 387 g/mol. The topological polar surface area (TPSA) is 101 Å². The zero-order chi connectivity index (χ0) is 20.0. The molecule has 7 nitrogen and oxygen atoms in total. The first kappa shape index (κ1) is 20.4. The maximum Gasteiger partial charge on any atom is 0.284 e. The fraction of sp³-hybridized carbons (Fsp3) is 0.263. The van der Waals surface area contributed by atoms with Crippen molar-refractivity contribution in [3.63, 3.8) is 0 Å². The summed E-state index contributed by atoms with van der Waals surface area (Å²) in [6, 6.07) is 11.2. The molecule has 2 N–H and O–H groups in total. The fourth-order valence-electron chi connectivity index (χ4n) is 2.29. The number of nitro benzene ring substituents is 1. The molecule has 2 rings (SSSR count). The van der Waals surface area contributed by atoms with Crippen LogP contribution in [0.3, 0.4) is 0 Å². The molecule has 0 aliphatic heterocycles. The van der Waals surface area contributed by atoms with E-state index in [2.05, 4.69) is 10.6 Å². The maximum atomic E-state index is 12.3. The Morgan fingerprint density at radius 2 is 1.85 bits per heavy atom. The molecule has 2 aromatic carbocycles. The predicted molar refractivity (Wildman–Crippen MR) is 104 cm³/mol. The number of likely N-dealkylation sites (N-methyl/N-ethyl adjacent to an activating group) is 1. The van der Waals surface area contributed by atoms with Crippen LogP contribution in [0, 0.1) is 17.0 Å². The number of nitrogens with zero attached hydrogens (tertiary/aromatic N) is 1. The van der Waals surface area contributed by atoms with E-state index in [0.717, 1.165) is 10.5 Å². The molecule has 0 aromatic heterocycles. The molecule has 0 heterocycles. The van der Waals surface area contributed by atoms with Gasteiger partial charge < -0.3 is 10.6 Å². The molecule has 1 atom stereocenters. The van der Waals surface area contributed by atoms with Crippen molar-refractivity contribution in [2.75, 3.05) is 6.54 Å². The minimum atomic E-state index is -0.738. The van der Waals surface area contributed by atoms with E-state index in [1.807, 2.05) is 31.2 Å². The lowest BCUT2D eigenvalue weighted by atomic mass is 10.1. The third kappa shape index (κ3) is 5.55. The van der Waals surface area contributed by atoms with Crippen LogP contribution in [0.4, 0.5) is 5.69 Å². The van der Waals surface area contributed by atoms with E-state index in [-0.39, 0.29) is 17.2 Å². The third-order valence-electron chi connectivity index (χ3n) is 3.76. The standard InChI is InChI=1S/C19H21N3O4S/c1-4-20-18(23)13(3)21-19(24)14-7-10-17(16(11-14)22(25)26)27-15-8-5-12(2)6-9-15/h5-11,13H,4H2,1-3H3,(H,20,23)(H,21,24)/t13-/m1/s1. The first-order valence-corrected chi connectivity index (χ1v) is 9.25. The molecule has 0 saturated carbocycles. The van der Waals surface area contributed by atoms with Crippen molar-refractivity contribution in [2.24, 2.45) is 0 Å². The van der Waals surface area contributed by atoms with Gasteiger partial charge in [0.1, 0.15) is 6.04 Å². The Morgan fingerprint density at radius 3 is 2.44 bits per heavy atom. The second kappa shape index (κ2) is 9.18. The van der Waals surface area contributed by atoms with Gasteiger partial charge in [-0.3, -0.25) is 19.7 Å². The highest BCUT2D eigenvalue weighted by Crippen LogP contribution is 2.35. The largest absolute Gasteiger partial charge is 0.355 e. The van der Waals surface area contributed by atoms with E-state index in [1.54, 1.807) is 19.9 Å². The second-order valence-corrected chi connectivity index (χ2v) is 7.06. The van der Waals surface area contributed by atoms with Crippen LogP contribution in [0.25, 0.3) is 0 Å². The summed E-state index contributed by atoms with van der Waals surface area (Å²) in [7, 11) is 0. The molecule has 0 unspecified atom stereocenters. The number of nitro groups is 1. The minimum Gasteiger partial charge on any atom is -0.355 e. The van der Waals surface area contributed by atoms with Crippen LogP contribution in [0.1, 0.15) is 29.8 Å². The number of hydrogen-bond donors (Lipinski definition) is 2. The van der Waals surface area contributed by atoms with Gasteiger partial charge in [-0.2, -0.15) is 0 Å². The Hall–Kier alpha value is -2.87. The summed E-state index contributed by atoms with van der Waals surface area (Å²) in [6.07, 6.45) is 0. The Balaban J connectivity index is 2.21.